The summed E-state index contributed by atoms with van der Waals surface area (Å²) in [4.78, 5) is 0. The topological polar surface area (TPSA) is 40.9 Å². The molecular formula is CNNiO. The third kappa shape index (κ3) is 1.78. The molecule has 0 radical (unpaired) electrons. The molecule has 0 atom stereocenters. The molecule has 0 unspecified atom stereocenters. The molecule has 0 aromatic heterocycles. The van der Waals surface area contributed by atoms with Crippen LogP contribution < -0.4 is 0 Å². The van der Waals surface area contributed by atoms with E-state index in [1.54, 1.807) is 0 Å². The van der Waals surface area contributed by atoms with Gasteiger partial charge >= 0.3 is 28.6 Å². The Morgan fingerprint density at radius 3 is 2.25 bits per heavy atom. The van der Waals surface area contributed by atoms with E-state index in [1.165, 1.54) is 5.04 Å². The van der Waals surface area contributed by atoms with Gasteiger partial charge < -0.3 is 0 Å². The van der Waals surface area contributed by atoms with E-state index in [2.05, 4.69) is 0 Å². The van der Waals surface area contributed by atoms with Crippen molar-refractivity contribution in [2.45, 2.75) is 0 Å². The molecule has 0 amide bonds. The van der Waals surface area contributed by atoms with Crippen LogP contribution in [0.5, 0.6) is 0 Å². The molecule has 0 aromatic carbocycles. The standard InChI is InChI=1S/CN.Ni.O/c1-2;;. The molecule has 0 saturated carbocycles. The number of nitriles is 1. The zero-order valence-corrected chi connectivity index (χ0v) is 2.66. The molecule has 3 heteroatoms. The Balaban J connectivity index is 2.92. The molecule has 0 aliphatic carbocycles. The van der Waals surface area contributed by atoms with Crippen molar-refractivity contribution >= 4 is 0 Å². The fourth-order valence-electron chi connectivity index (χ4n) is 0. The summed E-state index contributed by atoms with van der Waals surface area (Å²) >= 11 is -0.222. The van der Waals surface area contributed by atoms with E-state index in [0.29, 0.717) is 0 Å². The van der Waals surface area contributed by atoms with Crippen molar-refractivity contribution in [3.63, 3.8) is 0 Å². The molecule has 0 aliphatic rings. The van der Waals surface area contributed by atoms with Crippen LogP contribution in [0.3, 0.4) is 0 Å². The van der Waals surface area contributed by atoms with Crippen LogP contribution in [0.1, 0.15) is 0 Å². The Morgan fingerprint density at radius 1 is 2.00 bits per heavy atom. The Bertz CT molecular complexity index is 53.5. The summed E-state index contributed by atoms with van der Waals surface area (Å²) in [5, 5.41) is 8.60. The zero-order chi connectivity index (χ0) is 3.41. The number of hydrogen-bond acceptors (Lipinski definition) is 2. The number of rotatable bonds is 0. The second-order valence-corrected chi connectivity index (χ2v) is 0.558. The van der Waals surface area contributed by atoms with Gasteiger partial charge in [-0.05, 0) is 0 Å². The van der Waals surface area contributed by atoms with Crippen LogP contribution in [0.15, 0.2) is 0 Å². The molecule has 0 bridgehead atoms. The van der Waals surface area contributed by atoms with Gasteiger partial charge in [-0.3, -0.25) is 0 Å². The van der Waals surface area contributed by atoms with Crippen LogP contribution in [0.25, 0.3) is 0 Å². The summed E-state index contributed by atoms with van der Waals surface area (Å²) in [6.45, 7) is 0. The normalized spacial score (nSPS) is 5.75. The minimum absolute atomic E-state index is 0.222. The van der Waals surface area contributed by atoms with E-state index in [9.17, 15) is 0 Å². The summed E-state index contributed by atoms with van der Waals surface area (Å²) in [7, 11) is 0. The number of hydrogen-bond donors (Lipinski definition) is 0. The van der Waals surface area contributed by atoms with Crippen LogP contribution >= 0.6 is 0 Å². The fourth-order valence-corrected chi connectivity index (χ4v) is 0. The zero-order valence-electron chi connectivity index (χ0n) is 1.67. The molecule has 25 valence electrons. The van der Waals surface area contributed by atoms with E-state index in [1.807, 2.05) is 0 Å². The van der Waals surface area contributed by atoms with Crippen molar-refractivity contribution in [2.24, 2.45) is 0 Å². The van der Waals surface area contributed by atoms with E-state index >= 15 is 0 Å². The van der Waals surface area contributed by atoms with E-state index < -0.39 is 0 Å². The van der Waals surface area contributed by atoms with Gasteiger partial charge in [0.2, 0.25) is 0 Å². The SMILES string of the molecule is N#[C][Ni]=[O]. The summed E-state index contributed by atoms with van der Waals surface area (Å²) in [6.07, 6.45) is 0. The fraction of sp³-hybridized carbons (Fsp3) is 0. The average molecular weight is 101 g/mol. The molecule has 0 heterocycles. The van der Waals surface area contributed by atoms with Gasteiger partial charge in [-0.1, -0.05) is 0 Å². The van der Waals surface area contributed by atoms with Gasteiger partial charge in [-0.2, -0.15) is 0 Å². The summed E-state index contributed by atoms with van der Waals surface area (Å²) in [6, 6.07) is 0. The third-order valence-electron chi connectivity index (χ3n) is 0.0289. The predicted molar refractivity (Wildman–Crippen MR) is 6.30 cm³/mol. The maximum absolute atomic E-state index is 8.88. The second kappa shape index (κ2) is 2.78. The van der Waals surface area contributed by atoms with E-state index in [4.69, 9.17) is 9.16 Å². The molecule has 0 fully saturated rings. The molecule has 0 spiro atoms. The van der Waals surface area contributed by atoms with Crippen LogP contribution in [0.2, 0.25) is 0 Å². The molecule has 0 rings (SSSR count). The summed E-state index contributed by atoms with van der Waals surface area (Å²) < 4.78 is 8.88. The second-order valence-electron chi connectivity index (χ2n) is 0.135. The molecule has 0 aromatic rings. The summed E-state index contributed by atoms with van der Waals surface area (Å²) in [5.41, 5.74) is 0. The van der Waals surface area contributed by atoms with Crippen molar-refractivity contribution in [3.05, 3.63) is 0 Å². The van der Waals surface area contributed by atoms with Crippen molar-refractivity contribution in [1.29, 1.82) is 5.26 Å². The molecule has 2 nitrogen and oxygen atoms in total. The van der Waals surface area contributed by atoms with Crippen LogP contribution in [0, 0.1) is 10.3 Å². The predicted octanol–water partition coefficient (Wildman–Crippen LogP) is -0.105. The molecular weight excluding hydrogens is 101 g/mol. The molecule has 0 aliphatic heterocycles. The first-order valence-corrected chi connectivity index (χ1v) is 1.41. The van der Waals surface area contributed by atoms with Gasteiger partial charge in [-0.25, -0.2) is 0 Å². The Morgan fingerprint density at radius 2 is 2.25 bits per heavy atom. The first-order valence-electron chi connectivity index (χ1n) is 0.511. The van der Waals surface area contributed by atoms with Crippen LogP contribution in [-0.4, -0.2) is 0 Å². The average Bonchev–Trinajstić information content (AvgIpc) is 1.37. The van der Waals surface area contributed by atoms with E-state index in [0.717, 1.165) is 0 Å². The molecule has 4 heavy (non-hydrogen) atoms. The van der Waals surface area contributed by atoms with Crippen molar-refractivity contribution in [2.75, 3.05) is 0 Å². The van der Waals surface area contributed by atoms with Gasteiger partial charge in [0.05, 0.1) is 0 Å². The van der Waals surface area contributed by atoms with Gasteiger partial charge in [0, 0.05) is 0 Å². The Labute approximate surface area is 29.4 Å². The quantitative estimate of drug-likeness (QED) is 0.399. The molecule has 0 N–H and O–H groups in total. The van der Waals surface area contributed by atoms with Gasteiger partial charge in [0.25, 0.3) is 0 Å². The number of nitrogens with zero attached hydrogens (tertiary/aromatic N) is 1. The monoisotopic (exact) mass is 99.9 g/mol. The van der Waals surface area contributed by atoms with Gasteiger partial charge in [0.15, 0.2) is 0 Å². The Kier molecular flexibility index (Phi) is 2.63. The third-order valence-corrected chi connectivity index (χ3v) is 0.119. The van der Waals surface area contributed by atoms with Crippen LogP contribution in [-0.2, 0) is 18.3 Å². The first-order chi connectivity index (χ1) is 1.91. The van der Waals surface area contributed by atoms with E-state index in [-0.39, 0.29) is 14.4 Å². The van der Waals surface area contributed by atoms with Crippen molar-refractivity contribution < 1.29 is 18.3 Å². The summed E-state index contributed by atoms with van der Waals surface area (Å²) in [5.74, 6) is 0. The first kappa shape index (κ1) is 3.78. The van der Waals surface area contributed by atoms with Gasteiger partial charge in [-0.15, -0.1) is 0 Å². The van der Waals surface area contributed by atoms with Crippen LogP contribution in [0.4, 0.5) is 0 Å². The van der Waals surface area contributed by atoms with Gasteiger partial charge in [0.1, 0.15) is 0 Å². The molecule has 0 saturated heterocycles. The minimum atomic E-state index is -0.222. The maximum atomic E-state index is 8.88. The Hall–Kier alpha value is -0.216. The van der Waals surface area contributed by atoms with Crippen molar-refractivity contribution in [1.82, 2.24) is 0 Å². The van der Waals surface area contributed by atoms with Crippen molar-refractivity contribution in [3.8, 4) is 5.04 Å².